The molecule has 0 amide bonds. The first-order valence-corrected chi connectivity index (χ1v) is 6.76. The van der Waals surface area contributed by atoms with Gasteiger partial charge in [0.05, 0.1) is 25.0 Å². The molecule has 1 aliphatic heterocycles. The van der Waals surface area contributed by atoms with Crippen LogP contribution in [0.4, 0.5) is 5.82 Å². The fraction of sp³-hybridized carbons (Fsp3) is 0.538. The zero-order valence-corrected chi connectivity index (χ0v) is 11.5. The Morgan fingerprint density at radius 1 is 1.45 bits per heavy atom. The van der Waals surface area contributed by atoms with E-state index in [1.807, 2.05) is 6.07 Å². The van der Waals surface area contributed by atoms with Crippen LogP contribution < -0.4 is 5.73 Å². The van der Waals surface area contributed by atoms with Gasteiger partial charge in [-0.3, -0.25) is 4.90 Å². The molecule has 1 aliphatic rings. The molecular weight excluding hydrogens is 258 g/mol. The van der Waals surface area contributed by atoms with Gasteiger partial charge in [-0.1, -0.05) is 0 Å². The lowest BCUT2D eigenvalue weighted by Crippen LogP contribution is -2.36. The number of nitrogens with two attached hydrogens (primary N) is 1. The summed E-state index contributed by atoms with van der Waals surface area (Å²) in [7, 11) is 0. The Labute approximate surface area is 117 Å². The van der Waals surface area contributed by atoms with Gasteiger partial charge in [-0.2, -0.15) is 5.10 Å². The predicted octanol–water partition coefficient (Wildman–Crippen LogP) is 0.197. The molecule has 0 aliphatic carbocycles. The van der Waals surface area contributed by atoms with Crippen molar-refractivity contribution in [3.05, 3.63) is 23.7 Å². The number of nitrogen functional groups attached to an aromatic ring is 1. The predicted molar refractivity (Wildman–Crippen MR) is 74.1 cm³/mol. The number of hydrogen-bond donors (Lipinski definition) is 2. The summed E-state index contributed by atoms with van der Waals surface area (Å²) in [6, 6.07) is 1.87. The van der Waals surface area contributed by atoms with Crippen molar-refractivity contribution in [3.8, 4) is 0 Å². The van der Waals surface area contributed by atoms with Crippen LogP contribution in [0, 0.1) is 0 Å². The van der Waals surface area contributed by atoms with E-state index in [2.05, 4.69) is 15.0 Å². The van der Waals surface area contributed by atoms with Crippen molar-refractivity contribution in [2.75, 3.05) is 32.0 Å². The van der Waals surface area contributed by atoms with Gasteiger partial charge >= 0.3 is 0 Å². The van der Waals surface area contributed by atoms with E-state index in [1.54, 1.807) is 11.4 Å². The van der Waals surface area contributed by atoms with E-state index in [4.69, 9.17) is 10.5 Å². The van der Waals surface area contributed by atoms with Gasteiger partial charge < -0.3 is 15.6 Å². The van der Waals surface area contributed by atoms with Gasteiger partial charge in [0.2, 0.25) is 0 Å². The van der Waals surface area contributed by atoms with E-state index in [0.717, 1.165) is 43.1 Å². The van der Waals surface area contributed by atoms with E-state index in [-0.39, 0.29) is 0 Å². The number of morpholine rings is 1. The molecule has 7 nitrogen and oxygen atoms in total. The van der Waals surface area contributed by atoms with Gasteiger partial charge in [-0.25, -0.2) is 9.50 Å². The lowest BCUT2D eigenvalue weighted by molar-refractivity contribution is 0.0330. The van der Waals surface area contributed by atoms with Gasteiger partial charge in [-0.15, -0.1) is 0 Å². The van der Waals surface area contributed by atoms with Crippen LogP contribution in [-0.4, -0.2) is 50.9 Å². The molecule has 2 aromatic heterocycles. The highest BCUT2D eigenvalue weighted by Crippen LogP contribution is 2.25. The van der Waals surface area contributed by atoms with Crippen LogP contribution in [0.5, 0.6) is 0 Å². The van der Waals surface area contributed by atoms with E-state index in [1.165, 1.54) is 6.33 Å². The first kappa shape index (κ1) is 13.3. The second-order valence-electron chi connectivity index (χ2n) is 5.05. The molecule has 1 atom stereocenters. The van der Waals surface area contributed by atoms with Crippen molar-refractivity contribution in [1.82, 2.24) is 19.5 Å². The van der Waals surface area contributed by atoms with Crippen LogP contribution in [0.2, 0.25) is 0 Å². The van der Waals surface area contributed by atoms with Crippen LogP contribution >= 0.6 is 0 Å². The number of fused-ring (bicyclic) bond motifs is 1. The first-order chi connectivity index (χ1) is 9.66. The summed E-state index contributed by atoms with van der Waals surface area (Å²) in [4.78, 5) is 6.29. The molecule has 1 saturated heterocycles. The SMILES string of the molecule is CC(O)c1cc2c(N)ncnn2c1CN1CCOCC1. The van der Waals surface area contributed by atoms with Crippen molar-refractivity contribution in [2.45, 2.75) is 19.6 Å². The van der Waals surface area contributed by atoms with Gasteiger partial charge in [0.1, 0.15) is 11.8 Å². The van der Waals surface area contributed by atoms with Crippen LogP contribution in [0.25, 0.3) is 5.52 Å². The normalized spacial score (nSPS) is 18.5. The quantitative estimate of drug-likeness (QED) is 0.833. The second-order valence-corrected chi connectivity index (χ2v) is 5.05. The number of ether oxygens (including phenoxy) is 1. The molecule has 0 saturated carbocycles. The minimum atomic E-state index is -0.563. The average Bonchev–Trinajstić information content (AvgIpc) is 2.81. The summed E-state index contributed by atoms with van der Waals surface area (Å²) >= 11 is 0. The van der Waals surface area contributed by atoms with Gasteiger partial charge in [-0.05, 0) is 13.0 Å². The molecular formula is C13H19N5O2. The molecule has 3 heterocycles. The highest BCUT2D eigenvalue weighted by Gasteiger charge is 2.20. The van der Waals surface area contributed by atoms with Gasteiger partial charge in [0, 0.05) is 25.2 Å². The van der Waals surface area contributed by atoms with Crippen LogP contribution in [0.15, 0.2) is 12.4 Å². The lowest BCUT2D eigenvalue weighted by atomic mass is 10.1. The molecule has 3 rings (SSSR count). The Kier molecular flexibility index (Phi) is 3.56. The number of aromatic nitrogens is 3. The highest BCUT2D eigenvalue weighted by molar-refractivity contribution is 5.67. The fourth-order valence-corrected chi connectivity index (χ4v) is 2.57. The molecule has 0 aromatic carbocycles. The van der Waals surface area contributed by atoms with Gasteiger partial charge in [0.25, 0.3) is 0 Å². The van der Waals surface area contributed by atoms with Gasteiger partial charge in [0.15, 0.2) is 5.82 Å². The molecule has 0 bridgehead atoms. The molecule has 3 N–H and O–H groups in total. The summed E-state index contributed by atoms with van der Waals surface area (Å²) in [5.74, 6) is 0.426. The van der Waals surface area contributed by atoms with Crippen LogP contribution in [0.3, 0.4) is 0 Å². The number of anilines is 1. The molecule has 7 heteroatoms. The Morgan fingerprint density at radius 3 is 2.90 bits per heavy atom. The summed E-state index contributed by atoms with van der Waals surface area (Å²) in [6.07, 6.45) is 0.879. The Hall–Kier alpha value is -1.70. The summed E-state index contributed by atoms with van der Waals surface area (Å²) in [5, 5.41) is 14.2. The van der Waals surface area contributed by atoms with Crippen molar-refractivity contribution in [1.29, 1.82) is 0 Å². The maximum Gasteiger partial charge on any atom is 0.151 e. The molecule has 20 heavy (non-hydrogen) atoms. The van der Waals surface area contributed by atoms with Crippen LogP contribution in [0.1, 0.15) is 24.3 Å². The maximum atomic E-state index is 9.98. The third kappa shape index (κ3) is 2.35. The van der Waals surface area contributed by atoms with Crippen molar-refractivity contribution >= 4 is 11.3 Å². The van der Waals surface area contributed by atoms with E-state index in [0.29, 0.717) is 12.4 Å². The Balaban J connectivity index is 2.02. The third-order valence-corrected chi connectivity index (χ3v) is 3.66. The largest absolute Gasteiger partial charge is 0.389 e. The topological polar surface area (TPSA) is 88.9 Å². The number of hydrogen-bond acceptors (Lipinski definition) is 6. The number of aliphatic hydroxyl groups excluding tert-OH is 1. The summed E-state index contributed by atoms with van der Waals surface area (Å²) in [5.41, 5.74) is 8.44. The summed E-state index contributed by atoms with van der Waals surface area (Å²) in [6.45, 7) is 5.71. The zero-order chi connectivity index (χ0) is 14.1. The standard InChI is InChI=1S/C13H19N5O2/c1-9(19)10-6-11-13(14)15-8-16-18(11)12(10)7-17-2-4-20-5-3-17/h6,8-9,19H,2-5,7H2,1H3,(H2,14,15,16). The highest BCUT2D eigenvalue weighted by atomic mass is 16.5. The van der Waals surface area contributed by atoms with E-state index >= 15 is 0 Å². The summed E-state index contributed by atoms with van der Waals surface area (Å²) < 4.78 is 7.14. The fourth-order valence-electron chi connectivity index (χ4n) is 2.57. The molecule has 108 valence electrons. The smallest absolute Gasteiger partial charge is 0.151 e. The monoisotopic (exact) mass is 277 g/mol. The minimum absolute atomic E-state index is 0.426. The first-order valence-electron chi connectivity index (χ1n) is 6.76. The maximum absolute atomic E-state index is 9.98. The molecule has 0 spiro atoms. The molecule has 0 radical (unpaired) electrons. The number of nitrogens with zero attached hydrogens (tertiary/aromatic N) is 4. The number of rotatable bonds is 3. The second kappa shape index (κ2) is 5.35. The zero-order valence-electron chi connectivity index (χ0n) is 11.5. The molecule has 2 aromatic rings. The average molecular weight is 277 g/mol. The number of aliphatic hydroxyl groups is 1. The molecule has 1 fully saturated rings. The van der Waals surface area contributed by atoms with E-state index < -0.39 is 6.10 Å². The Bertz CT molecular complexity index is 604. The lowest BCUT2D eigenvalue weighted by Gasteiger charge is -2.27. The van der Waals surface area contributed by atoms with Crippen molar-refractivity contribution in [2.24, 2.45) is 0 Å². The van der Waals surface area contributed by atoms with Crippen molar-refractivity contribution < 1.29 is 9.84 Å². The van der Waals surface area contributed by atoms with Crippen molar-refractivity contribution in [3.63, 3.8) is 0 Å². The minimum Gasteiger partial charge on any atom is -0.389 e. The molecule has 1 unspecified atom stereocenters. The van der Waals surface area contributed by atoms with Crippen LogP contribution in [-0.2, 0) is 11.3 Å². The third-order valence-electron chi connectivity index (χ3n) is 3.66. The Morgan fingerprint density at radius 2 is 2.20 bits per heavy atom. The van der Waals surface area contributed by atoms with E-state index in [9.17, 15) is 5.11 Å².